The number of benzene rings is 1. The van der Waals surface area contributed by atoms with Gasteiger partial charge in [0, 0.05) is 12.1 Å². The van der Waals surface area contributed by atoms with Crippen LogP contribution in [0, 0.1) is 20.8 Å². The molecule has 0 atom stereocenters. The number of aromatic nitrogens is 3. The second-order valence-electron chi connectivity index (χ2n) is 4.21. The molecule has 2 rings (SSSR count). The highest BCUT2D eigenvalue weighted by Crippen LogP contribution is 2.24. The van der Waals surface area contributed by atoms with E-state index in [2.05, 4.69) is 50.1 Å². The van der Waals surface area contributed by atoms with Crippen LogP contribution in [0.1, 0.15) is 23.6 Å². The Morgan fingerprint density at radius 2 is 1.75 bits per heavy atom. The van der Waals surface area contributed by atoms with E-state index >= 15 is 0 Å². The summed E-state index contributed by atoms with van der Waals surface area (Å²) >= 11 is 0. The monoisotopic (exact) mass is 215 g/mol. The van der Waals surface area contributed by atoms with E-state index in [4.69, 9.17) is 0 Å². The van der Waals surface area contributed by atoms with Crippen molar-refractivity contribution < 1.29 is 0 Å². The van der Waals surface area contributed by atoms with E-state index in [0.717, 1.165) is 12.2 Å². The van der Waals surface area contributed by atoms with E-state index in [1.165, 1.54) is 22.3 Å². The average Bonchev–Trinajstić information content (AvgIpc) is 2.71. The van der Waals surface area contributed by atoms with E-state index < -0.39 is 0 Å². The Balaban J connectivity index is 2.51. The van der Waals surface area contributed by atoms with Crippen molar-refractivity contribution in [1.82, 2.24) is 15.0 Å². The highest BCUT2D eigenvalue weighted by molar-refractivity contribution is 5.64. The molecule has 0 aliphatic heterocycles. The minimum Gasteiger partial charge on any atom is -0.252 e. The zero-order chi connectivity index (χ0) is 11.7. The van der Waals surface area contributed by atoms with Crippen LogP contribution in [0.25, 0.3) is 11.3 Å². The molecule has 3 nitrogen and oxygen atoms in total. The summed E-state index contributed by atoms with van der Waals surface area (Å²) in [5.74, 6) is 0. The van der Waals surface area contributed by atoms with Crippen LogP contribution in [0.15, 0.2) is 18.3 Å². The predicted molar refractivity (Wildman–Crippen MR) is 65.3 cm³/mol. The largest absolute Gasteiger partial charge is 0.252 e. The van der Waals surface area contributed by atoms with Crippen LogP contribution in [0.2, 0.25) is 0 Å². The second kappa shape index (κ2) is 4.08. The smallest absolute Gasteiger partial charge is 0.113 e. The zero-order valence-corrected chi connectivity index (χ0v) is 10.3. The highest BCUT2D eigenvalue weighted by atomic mass is 15.4. The molecule has 1 aromatic heterocycles. The molecule has 3 heteroatoms. The van der Waals surface area contributed by atoms with Gasteiger partial charge in [0.15, 0.2) is 0 Å². The molecule has 0 aliphatic rings. The molecule has 0 radical (unpaired) electrons. The predicted octanol–water partition coefficient (Wildman–Crippen LogP) is 2.89. The Morgan fingerprint density at radius 1 is 1.06 bits per heavy atom. The molecule has 0 N–H and O–H groups in total. The topological polar surface area (TPSA) is 30.7 Å². The van der Waals surface area contributed by atoms with Crippen LogP contribution < -0.4 is 0 Å². The van der Waals surface area contributed by atoms with Crippen LogP contribution in [0.5, 0.6) is 0 Å². The zero-order valence-electron chi connectivity index (χ0n) is 10.3. The summed E-state index contributed by atoms with van der Waals surface area (Å²) in [6.07, 6.45) is 2.00. The molecule has 84 valence electrons. The minimum atomic E-state index is 0.858. The van der Waals surface area contributed by atoms with Crippen LogP contribution in [-0.2, 0) is 6.54 Å². The lowest BCUT2D eigenvalue weighted by atomic mass is 9.99. The van der Waals surface area contributed by atoms with Gasteiger partial charge in [-0.15, -0.1) is 5.10 Å². The van der Waals surface area contributed by atoms with Gasteiger partial charge >= 0.3 is 0 Å². The molecule has 1 heterocycles. The van der Waals surface area contributed by atoms with Gasteiger partial charge in [-0.05, 0) is 50.5 Å². The lowest BCUT2D eigenvalue weighted by Crippen LogP contribution is -1.93. The van der Waals surface area contributed by atoms with Gasteiger partial charge in [-0.25, -0.2) is 0 Å². The van der Waals surface area contributed by atoms with Crippen molar-refractivity contribution in [1.29, 1.82) is 0 Å². The van der Waals surface area contributed by atoms with Crippen LogP contribution in [0.4, 0.5) is 0 Å². The summed E-state index contributed by atoms with van der Waals surface area (Å²) < 4.78 is 1.85. The summed E-state index contributed by atoms with van der Waals surface area (Å²) in [4.78, 5) is 0. The third-order valence-corrected chi connectivity index (χ3v) is 2.98. The number of aryl methyl sites for hydroxylation is 4. The maximum absolute atomic E-state index is 4.20. The van der Waals surface area contributed by atoms with E-state index in [1.807, 2.05) is 10.9 Å². The van der Waals surface area contributed by atoms with Crippen molar-refractivity contribution in [3.05, 3.63) is 35.0 Å². The molecule has 0 spiro atoms. The highest BCUT2D eigenvalue weighted by Gasteiger charge is 2.08. The van der Waals surface area contributed by atoms with Crippen LogP contribution >= 0.6 is 0 Å². The molecule has 0 bridgehead atoms. The number of nitrogens with zero attached hydrogens (tertiary/aromatic N) is 3. The van der Waals surface area contributed by atoms with E-state index in [0.29, 0.717) is 0 Å². The normalized spacial score (nSPS) is 10.8. The van der Waals surface area contributed by atoms with Crippen LogP contribution in [-0.4, -0.2) is 15.0 Å². The van der Waals surface area contributed by atoms with E-state index in [1.54, 1.807) is 0 Å². The van der Waals surface area contributed by atoms with E-state index in [-0.39, 0.29) is 0 Å². The molecule has 1 aromatic carbocycles. The van der Waals surface area contributed by atoms with Crippen molar-refractivity contribution in [2.24, 2.45) is 0 Å². The number of hydrogen-bond acceptors (Lipinski definition) is 2. The van der Waals surface area contributed by atoms with Gasteiger partial charge in [-0.3, -0.25) is 4.68 Å². The maximum atomic E-state index is 4.20. The van der Waals surface area contributed by atoms with Crippen molar-refractivity contribution in [2.45, 2.75) is 34.2 Å². The fraction of sp³-hybridized carbons (Fsp3) is 0.385. The maximum Gasteiger partial charge on any atom is 0.113 e. The van der Waals surface area contributed by atoms with Gasteiger partial charge in [0.05, 0.1) is 6.20 Å². The van der Waals surface area contributed by atoms with E-state index in [9.17, 15) is 0 Å². The Morgan fingerprint density at radius 3 is 2.38 bits per heavy atom. The standard InChI is InChI=1S/C13H17N3/c1-5-16-8-13(14-15-16)12-7-10(3)9(2)6-11(12)4/h6-8H,5H2,1-4H3. The Hall–Kier alpha value is -1.64. The van der Waals surface area contributed by atoms with Gasteiger partial charge in [-0.2, -0.15) is 0 Å². The summed E-state index contributed by atoms with van der Waals surface area (Å²) in [5.41, 5.74) is 6.02. The Labute approximate surface area is 96.1 Å². The first kappa shape index (κ1) is 10.9. The van der Waals surface area contributed by atoms with Gasteiger partial charge in [0.2, 0.25) is 0 Å². The average molecular weight is 215 g/mol. The van der Waals surface area contributed by atoms with Gasteiger partial charge in [0.25, 0.3) is 0 Å². The number of hydrogen-bond donors (Lipinski definition) is 0. The van der Waals surface area contributed by atoms with Crippen molar-refractivity contribution >= 4 is 0 Å². The molecule has 0 saturated carbocycles. The number of rotatable bonds is 2. The second-order valence-corrected chi connectivity index (χ2v) is 4.21. The Kier molecular flexibility index (Phi) is 2.77. The fourth-order valence-corrected chi connectivity index (χ4v) is 1.81. The van der Waals surface area contributed by atoms with Gasteiger partial charge in [0.1, 0.15) is 5.69 Å². The molecule has 0 amide bonds. The first-order chi connectivity index (χ1) is 7.61. The third-order valence-electron chi connectivity index (χ3n) is 2.98. The third kappa shape index (κ3) is 1.85. The molecule has 0 unspecified atom stereocenters. The Bertz CT molecular complexity index is 512. The molecule has 16 heavy (non-hydrogen) atoms. The lowest BCUT2D eigenvalue weighted by molar-refractivity contribution is 0.627. The molecule has 0 aliphatic carbocycles. The van der Waals surface area contributed by atoms with Crippen molar-refractivity contribution in [2.75, 3.05) is 0 Å². The molecule has 2 aromatic rings. The molecule has 0 saturated heterocycles. The van der Waals surface area contributed by atoms with Gasteiger partial charge in [-0.1, -0.05) is 11.3 Å². The lowest BCUT2D eigenvalue weighted by Gasteiger charge is -2.06. The molecular formula is C13H17N3. The summed E-state index contributed by atoms with van der Waals surface area (Å²) in [6.45, 7) is 9.30. The van der Waals surface area contributed by atoms with Crippen molar-refractivity contribution in [3.63, 3.8) is 0 Å². The fourth-order valence-electron chi connectivity index (χ4n) is 1.81. The quantitative estimate of drug-likeness (QED) is 0.771. The van der Waals surface area contributed by atoms with Crippen LogP contribution in [0.3, 0.4) is 0 Å². The SMILES string of the molecule is CCn1cc(-c2cc(C)c(C)cc2C)nn1. The summed E-state index contributed by atoms with van der Waals surface area (Å²) in [6, 6.07) is 4.39. The summed E-state index contributed by atoms with van der Waals surface area (Å²) in [5, 5.41) is 8.27. The molecular weight excluding hydrogens is 198 g/mol. The first-order valence-corrected chi connectivity index (χ1v) is 5.60. The first-order valence-electron chi connectivity index (χ1n) is 5.60. The van der Waals surface area contributed by atoms with Crippen molar-refractivity contribution in [3.8, 4) is 11.3 Å². The van der Waals surface area contributed by atoms with Gasteiger partial charge < -0.3 is 0 Å². The minimum absolute atomic E-state index is 0.858. The summed E-state index contributed by atoms with van der Waals surface area (Å²) in [7, 11) is 0. The molecule has 0 fully saturated rings.